The zero-order valence-electron chi connectivity index (χ0n) is 17.2. The molecule has 1 heterocycles. The van der Waals surface area contributed by atoms with E-state index in [-0.39, 0.29) is 24.5 Å². The fourth-order valence-corrected chi connectivity index (χ4v) is 2.53. The van der Waals surface area contributed by atoms with Crippen LogP contribution in [0.3, 0.4) is 0 Å². The Hall–Kier alpha value is -3.13. The number of rotatable bonds is 12. The lowest BCUT2D eigenvalue weighted by Crippen LogP contribution is -2.41. The minimum atomic E-state index is -0.571. The summed E-state index contributed by atoms with van der Waals surface area (Å²) >= 11 is 0. The Labute approximate surface area is 176 Å². The van der Waals surface area contributed by atoms with Gasteiger partial charge in [0.05, 0.1) is 0 Å². The van der Waals surface area contributed by atoms with Crippen molar-refractivity contribution >= 4 is 17.7 Å². The van der Waals surface area contributed by atoms with Gasteiger partial charge in [-0.2, -0.15) is 0 Å². The van der Waals surface area contributed by atoms with E-state index in [1.54, 1.807) is 6.07 Å². The number of hydrogen-bond donors (Lipinski definition) is 3. The Morgan fingerprint density at radius 2 is 1.63 bits per heavy atom. The summed E-state index contributed by atoms with van der Waals surface area (Å²) in [6.07, 6.45) is 2.86. The van der Waals surface area contributed by atoms with Crippen LogP contribution in [0.25, 0.3) is 11.3 Å². The second-order valence-corrected chi connectivity index (χ2v) is 6.70. The quantitative estimate of drug-likeness (QED) is 0.365. The highest BCUT2D eigenvalue weighted by molar-refractivity contribution is 5.93. The lowest BCUT2D eigenvalue weighted by Gasteiger charge is -2.07. The molecule has 0 spiro atoms. The monoisotopic (exact) mass is 415 g/mol. The zero-order chi connectivity index (χ0) is 21.6. The maximum absolute atomic E-state index is 12.1. The van der Waals surface area contributed by atoms with Crippen LogP contribution in [-0.2, 0) is 14.3 Å². The van der Waals surface area contributed by atoms with Crippen LogP contribution in [0.1, 0.15) is 49.6 Å². The molecule has 3 N–H and O–H groups in total. The summed E-state index contributed by atoms with van der Waals surface area (Å²) in [5.41, 5.74) is 5.41. The molecule has 30 heavy (non-hydrogen) atoms. The van der Waals surface area contributed by atoms with E-state index in [1.165, 1.54) is 6.07 Å². The molecule has 0 aliphatic carbocycles. The Morgan fingerprint density at radius 3 is 2.40 bits per heavy atom. The maximum Gasteiger partial charge on any atom is 0.305 e. The normalized spacial score (nSPS) is 10.4. The summed E-state index contributed by atoms with van der Waals surface area (Å²) in [5.74, 6) is -0.620. The van der Waals surface area contributed by atoms with Gasteiger partial charge in [-0.3, -0.25) is 25.2 Å². The molecule has 0 saturated heterocycles. The molecular formula is C22H29N3O5. The summed E-state index contributed by atoms with van der Waals surface area (Å²) in [5, 5.41) is 2.74. The van der Waals surface area contributed by atoms with E-state index in [2.05, 4.69) is 23.1 Å². The van der Waals surface area contributed by atoms with Crippen LogP contribution in [0.4, 0.5) is 0 Å². The summed E-state index contributed by atoms with van der Waals surface area (Å²) < 4.78 is 10.9. The first-order valence-corrected chi connectivity index (χ1v) is 10.2. The van der Waals surface area contributed by atoms with E-state index in [1.807, 2.05) is 30.3 Å². The Balaban J connectivity index is 1.60. The van der Waals surface area contributed by atoms with Crippen molar-refractivity contribution < 1.29 is 23.5 Å². The first kappa shape index (κ1) is 23.2. The molecule has 0 fully saturated rings. The molecule has 0 aliphatic rings. The standard InChI is InChI=1S/C22H29N3O5/c1-2-3-15-29-16-7-14-23-20(26)12-13-21(27)24-25-22(28)19-11-10-18(30-19)17-8-5-4-6-9-17/h4-6,8-11H,2-3,7,12-16H2,1H3,(H,23,26)(H,24,27)(H,25,28). The highest BCUT2D eigenvalue weighted by Crippen LogP contribution is 2.21. The Bertz CT molecular complexity index is 804. The summed E-state index contributed by atoms with van der Waals surface area (Å²) in [7, 11) is 0. The number of unbranched alkanes of at least 4 members (excludes halogenated alkanes) is 1. The first-order valence-electron chi connectivity index (χ1n) is 10.2. The molecule has 162 valence electrons. The van der Waals surface area contributed by atoms with E-state index in [0.717, 1.165) is 31.4 Å². The minimum absolute atomic E-state index is 0.0352. The third kappa shape index (κ3) is 8.48. The molecule has 8 nitrogen and oxygen atoms in total. The maximum atomic E-state index is 12.1. The number of carbonyl (C=O) groups is 3. The van der Waals surface area contributed by atoms with Crippen LogP contribution in [0.5, 0.6) is 0 Å². The molecule has 0 aliphatic heterocycles. The third-order valence-corrected chi connectivity index (χ3v) is 4.21. The van der Waals surface area contributed by atoms with Gasteiger partial charge in [0.15, 0.2) is 5.76 Å². The van der Waals surface area contributed by atoms with Gasteiger partial charge < -0.3 is 14.5 Å². The summed E-state index contributed by atoms with van der Waals surface area (Å²) in [6, 6.07) is 12.6. The van der Waals surface area contributed by atoms with Crippen LogP contribution in [0.2, 0.25) is 0 Å². The third-order valence-electron chi connectivity index (χ3n) is 4.21. The topological polar surface area (TPSA) is 110 Å². The number of nitrogens with one attached hydrogen (secondary N) is 3. The minimum Gasteiger partial charge on any atom is -0.451 e. The highest BCUT2D eigenvalue weighted by atomic mass is 16.5. The average molecular weight is 415 g/mol. The van der Waals surface area contributed by atoms with Gasteiger partial charge in [0.1, 0.15) is 5.76 Å². The number of carbonyl (C=O) groups excluding carboxylic acids is 3. The SMILES string of the molecule is CCCCOCCCNC(=O)CCC(=O)NNC(=O)c1ccc(-c2ccccc2)o1. The number of hydrogen-bond acceptors (Lipinski definition) is 5. The zero-order valence-corrected chi connectivity index (χ0v) is 17.2. The van der Waals surface area contributed by atoms with Crippen LogP contribution in [0.15, 0.2) is 46.9 Å². The number of ether oxygens (including phenoxy) is 1. The first-order chi connectivity index (χ1) is 14.6. The van der Waals surface area contributed by atoms with Gasteiger partial charge in [-0.15, -0.1) is 0 Å². The van der Waals surface area contributed by atoms with Gasteiger partial charge >= 0.3 is 5.91 Å². The Morgan fingerprint density at radius 1 is 0.900 bits per heavy atom. The van der Waals surface area contributed by atoms with Gasteiger partial charge in [-0.1, -0.05) is 43.7 Å². The predicted molar refractivity (Wildman–Crippen MR) is 112 cm³/mol. The number of amides is 3. The van der Waals surface area contributed by atoms with Crippen LogP contribution >= 0.6 is 0 Å². The van der Waals surface area contributed by atoms with Crippen LogP contribution in [0, 0.1) is 0 Å². The lowest BCUT2D eigenvalue weighted by molar-refractivity contribution is -0.126. The van der Waals surface area contributed by atoms with Crippen LogP contribution < -0.4 is 16.2 Å². The fraction of sp³-hybridized carbons (Fsp3) is 0.409. The summed E-state index contributed by atoms with van der Waals surface area (Å²) in [6.45, 7) is 3.95. The molecule has 1 aromatic carbocycles. The average Bonchev–Trinajstić information content (AvgIpc) is 3.26. The number of benzene rings is 1. The van der Waals surface area contributed by atoms with Crippen molar-refractivity contribution in [2.24, 2.45) is 0 Å². The molecule has 0 radical (unpaired) electrons. The van der Waals surface area contributed by atoms with E-state index in [9.17, 15) is 14.4 Å². The summed E-state index contributed by atoms with van der Waals surface area (Å²) in [4.78, 5) is 35.7. The highest BCUT2D eigenvalue weighted by Gasteiger charge is 2.13. The van der Waals surface area contributed by atoms with Crippen molar-refractivity contribution in [2.75, 3.05) is 19.8 Å². The van der Waals surface area contributed by atoms with E-state index in [4.69, 9.17) is 9.15 Å². The van der Waals surface area contributed by atoms with Gasteiger partial charge in [0, 0.05) is 38.2 Å². The molecule has 1 aromatic heterocycles. The van der Waals surface area contributed by atoms with Crippen molar-refractivity contribution in [3.8, 4) is 11.3 Å². The number of hydrazine groups is 1. The Kier molecular flexibility index (Phi) is 10.2. The molecule has 2 aromatic rings. The molecule has 0 unspecified atom stereocenters. The number of furan rings is 1. The lowest BCUT2D eigenvalue weighted by atomic mass is 10.2. The van der Waals surface area contributed by atoms with Crippen molar-refractivity contribution in [1.82, 2.24) is 16.2 Å². The molecule has 0 atom stereocenters. The molecule has 2 rings (SSSR count). The van der Waals surface area contributed by atoms with E-state index in [0.29, 0.717) is 18.9 Å². The van der Waals surface area contributed by atoms with Gasteiger partial charge in [0.2, 0.25) is 11.8 Å². The van der Waals surface area contributed by atoms with Gasteiger partial charge in [-0.25, -0.2) is 0 Å². The smallest absolute Gasteiger partial charge is 0.305 e. The second-order valence-electron chi connectivity index (χ2n) is 6.70. The van der Waals surface area contributed by atoms with Gasteiger partial charge in [0.25, 0.3) is 0 Å². The molecule has 0 bridgehead atoms. The molecule has 8 heteroatoms. The molecular weight excluding hydrogens is 386 g/mol. The van der Waals surface area contributed by atoms with Crippen molar-refractivity contribution in [3.05, 3.63) is 48.2 Å². The van der Waals surface area contributed by atoms with Crippen molar-refractivity contribution in [2.45, 2.75) is 39.0 Å². The second kappa shape index (κ2) is 13.2. The predicted octanol–water partition coefficient (Wildman–Crippen LogP) is 2.81. The van der Waals surface area contributed by atoms with Crippen molar-refractivity contribution in [1.29, 1.82) is 0 Å². The van der Waals surface area contributed by atoms with Gasteiger partial charge in [-0.05, 0) is 25.0 Å². The molecule has 3 amide bonds. The van der Waals surface area contributed by atoms with E-state index >= 15 is 0 Å². The van der Waals surface area contributed by atoms with Crippen LogP contribution in [-0.4, -0.2) is 37.5 Å². The molecule has 0 saturated carbocycles. The van der Waals surface area contributed by atoms with Crippen molar-refractivity contribution in [3.63, 3.8) is 0 Å². The van der Waals surface area contributed by atoms with E-state index < -0.39 is 11.8 Å². The largest absolute Gasteiger partial charge is 0.451 e. The fourth-order valence-electron chi connectivity index (χ4n) is 2.53.